The molecular formula is C16H23N3O. The molecule has 0 amide bonds. The quantitative estimate of drug-likeness (QED) is 0.933. The number of imidazole rings is 1. The summed E-state index contributed by atoms with van der Waals surface area (Å²) in [5.74, 6) is 2.54. The highest BCUT2D eigenvalue weighted by molar-refractivity contribution is 5.71. The largest absolute Gasteiger partial charge is 0.494 e. The topological polar surface area (TPSA) is 53.1 Å². The van der Waals surface area contributed by atoms with Crippen LogP contribution in [-0.2, 0) is 12.5 Å². The molecule has 0 unspecified atom stereocenters. The number of anilines is 1. The third kappa shape index (κ3) is 2.64. The summed E-state index contributed by atoms with van der Waals surface area (Å²) in [4.78, 5) is 4.72. The molecule has 0 radical (unpaired) electrons. The number of nitrogens with two attached hydrogens (primary N) is 1. The molecule has 2 rings (SSSR count). The van der Waals surface area contributed by atoms with Gasteiger partial charge in [-0.15, -0.1) is 0 Å². The molecule has 0 saturated heterocycles. The SMILES string of the molecule is CCOc1ccc(-c2nc(C(C)(C)C)n(C)c2N)cc1. The predicted octanol–water partition coefficient (Wildman–Crippen LogP) is 3.37. The summed E-state index contributed by atoms with van der Waals surface area (Å²) in [6.45, 7) is 9.05. The van der Waals surface area contributed by atoms with Crippen LogP contribution in [0.4, 0.5) is 5.82 Å². The van der Waals surface area contributed by atoms with E-state index in [1.807, 2.05) is 42.8 Å². The Labute approximate surface area is 120 Å². The van der Waals surface area contributed by atoms with E-state index >= 15 is 0 Å². The van der Waals surface area contributed by atoms with Gasteiger partial charge in [-0.05, 0) is 31.2 Å². The maximum Gasteiger partial charge on any atom is 0.131 e. The van der Waals surface area contributed by atoms with Gasteiger partial charge in [-0.1, -0.05) is 20.8 Å². The van der Waals surface area contributed by atoms with E-state index in [-0.39, 0.29) is 5.41 Å². The summed E-state index contributed by atoms with van der Waals surface area (Å²) in [7, 11) is 1.96. The van der Waals surface area contributed by atoms with Gasteiger partial charge >= 0.3 is 0 Å². The van der Waals surface area contributed by atoms with E-state index in [0.717, 1.165) is 22.8 Å². The molecule has 0 atom stereocenters. The van der Waals surface area contributed by atoms with Crippen molar-refractivity contribution in [3.63, 3.8) is 0 Å². The molecule has 2 aromatic rings. The lowest BCUT2D eigenvalue weighted by Gasteiger charge is -2.17. The Hall–Kier alpha value is -1.97. The van der Waals surface area contributed by atoms with Crippen molar-refractivity contribution in [1.82, 2.24) is 9.55 Å². The monoisotopic (exact) mass is 273 g/mol. The van der Waals surface area contributed by atoms with E-state index < -0.39 is 0 Å². The lowest BCUT2D eigenvalue weighted by Crippen LogP contribution is -2.17. The molecule has 0 saturated carbocycles. The van der Waals surface area contributed by atoms with E-state index in [1.165, 1.54) is 0 Å². The van der Waals surface area contributed by atoms with Crippen molar-refractivity contribution in [2.75, 3.05) is 12.3 Å². The van der Waals surface area contributed by atoms with Crippen LogP contribution in [0.2, 0.25) is 0 Å². The first-order valence-corrected chi connectivity index (χ1v) is 6.90. The van der Waals surface area contributed by atoms with E-state index in [9.17, 15) is 0 Å². The molecular weight excluding hydrogens is 250 g/mol. The highest BCUT2D eigenvalue weighted by Gasteiger charge is 2.23. The van der Waals surface area contributed by atoms with E-state index in [0.29, 0.717) is 12.4 Å². The zero-order valence-corrected chi connectivity index (χ0v) is 12.9. The third-order valence-corrected chi connectivity index (χ3v) is 3.25. The van der Waals surface area contributed by atoms with Crippen LogP contribution in [0, 0.1) is 0 Å². The van der Waals surface area contributed by atoms with Crippen LogP contribution in [0.5, 0.6) is 5.75 Å². The van der Waals surface area contributed by atoms with Crippen LogP contribution in [0.3, 0.4) is 0 Å². The lowest BCUT2D eigenvalue weighted by atomic mass is 9.96. The van der Waals surface area contributed by atoms with Crippen LogP contribution in [0.15, 0.2) is 24.3 Å². The molecule has 0 spiro atoms. The number of hydrogen-bond acceptors (Lipinski definition) is 3. The van der Waals surface area contributed by atoms with Gasteiger partial charge in [0.1, 0.15) is 23.1 Å². The maximum atomic E-state index is 6.20. The van der Waals surface area contributed by atoms with Crippen LogP contribution in [0.1, 0.15) is 33.5 Å². The smallest absolute Gasteiger partial charge is 0.131 e. The summed E-state index contributed by atoms with van der Waals surface area (Å²) in [5, 5.41) is 0. The number of nitrogens with zero attached hydrogens (tertiary/aromatic N) is 2. The van der Waals surface area contributed by atoms with Crippen molar-refractivity contribution in [3.8, 4) is 17.0 Å². The fourth-order valence-corrected chi connectivity index (χ4v) is 2.27. The Morgan fingerprint density at radius 1 is 1.20 bits per heavy atom. The summed E-state index contributed by atoms with van der Waals surface area (Å²) in [6.07, 6.45) is 0. The second kappa shape index (κ2) is 5.19. The van der Waals surface area contributed by atoms with Gasteiger partial charge < -0.3 is 15.0 Å². The molecule has 2 N–H and O–H groups in total. The first-order chi connectivity index (χ1) is 9.34. The Kier molecular flexibility index (Phi) is 3.75. The number of ether oxygens (including phenoxy) is 1. The van der Waals surface area contributed by atoms with Gasteiger partial charge in [0.15, 0.2) is 0 Å². The minimum atomic E-state index is -0.0353. The number of hydrogen-bond donors (Lipinski definition) is 1. The molecule has 0 aliphatic rings. The average molecular weight is 273 g/mol. The van der Waals surface area contributed by atoms with Crippen LogP contribution >= 0.6 is 0 Å². The Bertz CT molecular complexity index is 591. The predicted molar refractivity (Wildman–Crippen MR) is 82.9 cm³/mol. The average Bonchev–Trinajstić information content (AvgIpc) is 2.68. The minimum absolute atomic E-state index is 0.0353. The van der Waals surface area contributed by atoms with Gasteiger partial charge in [-0.25, -0.2) is 4.98 Å². The van der Waals surface area contributed by atoms with Crippen molar-refractivity contribution in [2.24, 2.45) is 7.05 Å². The van der Waals surface area contributed by atoms with Gasteiger partial charge in [0, 0.05) is 18.0 Å². The van der Waals surface area contributed by atoms with Crippen molar-refractivity contribution < 1.29 is 4.74 Å². The lowest BCUT2D eigenvalue weighted by molar-refractivity contribution is 0.340. The fraction of sp³-hybridized carbons (Fsp3) is 0.438. The molecule has 0 fully saturated rings. The Balaban J connectivity index is 2.43. The van der Waals surface area contributed by atoms with Crippen LogP contribution in [0.25, 0.3) is 11.3 Å². The first-order valence-electron chi connectivity index (χ1n) is 6.90. The second-order valence-corrected chi connectivity index (χ2v) is 5.94. The highest BCUT2D eigenvalue weighted by Crippen LogP contribution is 2.31. The van der Waals surface area contributed by atoms with Gasteiger partial charge in [0.05, 0.1) is 6.61 Å². The summed E-state index contributed by atoms with van der Waals surface area (Å²) >= 11 is 0. The molecule has 20 heavy (non-hydrogen) atoms. The van der Waals surface area contributed by atoms with E-state index in [2.05, 4.69) is 20.8 Å². The zero-order chi connectivity index (χ0) is 14.9. The molecule has 108 valence electrons. The first kappa shape index (κ1) is 14.4. The third-order valence-electron chi connectivity index (χ3n) is 3.25. The molecule has 1 aromatic heterocycles. The summed E-state index contributed by atoms with van der Waals surface area (Å²) in [6, 6.07) is 7.89. The molecule has 1 heterocycles. The molecule has 0 aliphatic heterocycles. The molecule has 0 aliphatic carbocycles. The maximum absolute atomic E-state index is 6.20. The van der Waals surface area contributed by atoms with E-state index in [1.54, 1.807) is 0 Å². The standard InChI is InChI=1S/C16H23N3O/c1-6-20-12-9-7-11(8-10-12)13-14(17)19(5)15(18-13)16(2,3)4/h7-10H,6,17H2,1-5H3. The van der Waals surface area contributed by atoms with Gasteiger partial charge in [0.2, 0.25) is 0 Å². The van der Waals surface area contributed by atoms with Crippen molar-refractivity contribution in [2.45, 2.75) is 33.1 Å². The molecule has 4 heteroatoms. The second-order valence-electron chi connectivity index (χ2n) is 5.94. The number of rotatable bonds is 3. The van der Waals surface area contributed by atoms with Gasteiger partial charge in [-0.3, -0.25) is 0 Å². The van der Waals surface area contributed by atoms with Gasteiger partial charge in [0.25, 0.3) is 0 Å². The van der Waals surface area contributed by atoms with Crippen LogP contribution < -0.4 is 10.5 Å². The van der Waals surface area contributed by atoms with Crippen molar-refractivity contribution in [1.29, 1.82) is 0 Å². The van der Waals surface area contributed by atoms with Gasteiger partial charge in [-0.2, -0.15) is 0 Å². The molecule has 1 aromatic carbocycles. The molecule has 0 bridgehead atoms. The van der Waals surface area contributed by atoms with Crippen molar-refractivity contribution in [3.05, 3.63) is 30.1 Å². The highest BCUT2D eigenvalue weighted by atomic mass is 16.5. The summed E-state index contributed by atoms with van der Waals surface area (Å²) < 4.78 is 7.42. The molecule has 4 nitrogen and oxygen atoms in total. The summed E-state index contributed by atoms with van der Waals surface area (Å²) in [5.41, 5.74) is 8.01. The van der Waals surface area contributed by atoms with E-state index in [4.69, 9.17) is 15.5 Å². The minimum Gasteiger partial charge on any atom is -0.494 e. The van der Waals surface area contributed by atoms with Crippen LogP contribution in [-0.4, -0.2) is 16.2 Å². The number of aromatic nitrogens is 2. The number of benzene rings is 1. The Morgan fingerprint density at radius 2 is 1.80 bits per heavy atom. The fourth-order valence-electron chi connectivity index (χ4n) is 2.27. The Morgan fingerprint density at radius 3 is 2.25 bits per heavy atom. The zero-order valence-electron chi connectivity index (χ0n) is 12.9. The van der Waals surface area contributed by atoms with Crippen molar-refractivity contribution >= 4 is 5.82 Å². The normalized spacial score (nSPS) is 11.7. The number of nitrogen functional groups attached to an aromatic ring is 1.